The number of anilines is 2. The second-order valence-corrected chi connectivity index (χ2v) is 6.52. The quantitative estimate of drug-likeness (QED) is 0.894. The molecule has 2 amide bonds. The monoisotopic (exact) mass is 313 g/mol. The summed E-state index contributed by atoms with van der Waals surface area (Å²) < 4.78 is 0. The summed E-state index contributed by atoms with van der Waals surface area (Å²) >= 11 is 1.49. The highest BCUT2D eigenvalue weighted by Crippen LogP contribution is 2.35. The first-order valence-corrected chi connectivity index (χ1v) is 7.76. The number of nitrogens with one attached hydrogen (secondary N) is 2. The maximum Gasteiger partial charge on any atom is 0.256 e. The van der Waals surface area contributed by atoms with E-state index in [-0.39, 0.29) is 17.1 Å². The van der Waals surface area contributed by atoms with E-state index in [0.717, 1.165) is 10.5 Å². The first kappa shape index (κ1) is 14.6. The summed E-state index contributed by atoms with van der Waals surface area (Å²) in [5.41, 5.74) is 2.19. The fourth-order valence-electron chi connectivity index (χ4n) is 2.08. The zero-order valence-corrected chi connectivity index (χ0v) is 13.0. The maximum atomic E-state index is 12.3. The van der Waals surface area contributed by atoms with Crippen molar-refractivity contribution in [1.82, 2.24) is 4.98 Å². The molecule has 2 heterocycles. The lowest BCUT2D eigenvalue weighted by Gasteiger charge is -2.21. The Bertz CT molecular complexity index is 744. The lowest BCUT2D eigenvalue weighted by molar-refractivity contribution is -0.115. The molecular weight excluding hydrogens is 298 g/mol. The van der Waals surface area contributed by atoms with Gasteiger partial charge in [0, 0.05) is 16.7 Å². The summed E-state index contributed by atoms with van der Waals surface area (Å²) in [5.74, 6) is 0.202. The molecule has 1 aliphatic rings. The van der Waals surface area contributed by atoms with Crippen LogP contribution in [-0.2, 0) is 4.79 Å². The van der Waals surface area contributed by atoms with Crippen molar-refractivity contribution < 1.29 is 9.59 Å². The molecule has 0 bridgehead atoms. The fraction of sp³-hybridized carbons (Fsp3) is 0.188. The number of aromatic nitrogens is 1. The number of carbonyl (C=O) groups is 2. The Labute approximate surface area is 132 Å². The third kappa shape index (κ3) is 2.96. The summed E-state index contributed by atoms with van der Waals surface area (Å²) in [6.45, 7) is 3.79. The van der Waals surface area contributed by atoms with Crippen molar-refractivity contribution in [3.05, 3.63) is 47.7 Å². The smallest absolute Gasteiger partial charge is 0.256 e. The molecule has 0 radical (unpaired) electrons. The van der Waals surface area contributed by atoms with Crippen LogP contribution in [0, 0.1) is 6.92 Å². The fourth-order valence-corrected chi connectivity index (χ4v) is 3.01. The molecule has 0 saturated heterocycles. The molecule has 1 unspecified atom stereocenters. The van der Waals surface area contributed by atoms with Gasteiger partial charge in [-0.25, -0.2) is 4.98 Å². The second kappa shape index (κ2) is 5.81. The van der Waals surface area contributed by atoms with E-state index < -0.39 is 0 Å². The first-order chi connectivity index (χ1) is 10.5. The first-order valence-electron chi connectivity index (χ1n) is 6.88. The number of benzene rings is 1. The predicted molar refractivity (Wildman–Crippen MR) is 87.3 cm³/mol. The number of amides is 2. The highest BCUT2D eigenvalue weighted by Gasteiger charge is 2.23. The number of fused-ring (bicyclic) bond motifs is 1. The average molecular weight is 313 g/mol. The third-order valence-electron chi connectivity index (χ3n) is 3.33. The van der Waals surface area contributed by atoms with Gasteiger partial charge in [-0.1, -0.05) is 6.07 Å². The molecule has 0 saturated carbocycles. The van der Waals surface area contributed by atoms with Crippen LogP contribution in [-0.4, -0.2) is 22.0 Å². The van der Waals surface area contributed by atoms with Crippen LogP contribution in [0.1, 0.15) is 22.8 Å². The van der Waals surface area contributed by atoms with E-state index >= 15 is 0 Å². The summed E-state index contributed by atoms with van der Waals surface area (Å²) in [6.07, 6.45) is 1.70. The van der Waals surface area contributed by atoms with Crippen LogP contribution in [0.2, 0.25) is 0 Å². The Hall–Kier alpha value is -2.34. The van der Waals surface area contributed by atoms with Gasteiger partial charge in [0.15, 0.2) is 0 Å². The van der Waals surface area contributed by atoms with Crippen LogP contribution in [0.5, 0.6) is 0 Å². The lowest BCUT2D eigenvalue weighted by Crippen LogP contribution is -2.26. The molecule has 0 aliphatic carbocycles. The largest absolute Gasteiger partial charge is 0.324 e. The van der Waals surface area contributed by atoms with Crippen molar-refractivity contribution in [2.45, 2.75) is 24.0 Å². The molecule has 1 atom stereocenters. The van der Waals surface area contributed by atoms with Gasteiger partial charge in [0.1, 0.15) is 5.82 Å². The number of rotatable bonds is 2. The topological polar surface area (TPSA) is 71.1 Å². The molecule has 2 N–H and O–H groups in total. The molecule has 6 heteroatoms. The Kier molecular flexibility index (Phi) is 3.85. The molecular formula is C16H15N3O2S. The molecule has 112 valence electrons. The Morgan fingerprint density at radius 3 is 2.86 bits per heavy atom. The normalized spacial score (nSPS) is 16.6. The Morgan fingerprint density at radius 2 is 2.14 bits per heavy atom. The lowest BCUT2D eigenvalue weighted by atomic mass is 10.1. The van der Waals surface area contributed by atoms with Crippen LogP contribution < -0.4 is 10.6 Å². The van der Waals surface area contributed by atoms with Gasteiger partial charge in [-0.05, 0) is 43.7 Å². The minimum atomic E-state index is -0.253. The van der Waals surface area contributed by atoms with Gasteiger partial charge in [-0.15, -0.1) is 11.8 Å². The number of carbonyl (C=O) groups excluding carboxylic acids is 2. The van der Waals surface area contributed by atoms with Crippen molar-refractivity contribution in [2.24, 2.45) is 0 Å². The summed E-state index contributed by atoms with van der Waals surface area (Å²) in [6, 6.07) is 8.93. The molecule has 3 rings (SSSR count). The van der Waals surface area contributed by atoms with Crippen LogP contribution in [0.3, 0.4) is 0 Å². The van der Waals surface area contributed by atoms with E-state index in [1.54, 1.807) is 24.4 Å². The molecule has 1 aromatic carbocycles. The van der Waals surface area contributed by atoms with Gasteiger partial charge in [-0.3, -0.25) is 9.59 Å². The molecule has 0 fully saturated rings. The van der Waals surface area contributed by atoms with Crippen molar-refractivity contribution in [3.63, 3.8) is 0 Å². The van der Waals surface area contributed by atoms with E-state index in [1.807, 2.05) is 26.0 Å². The highest BCUT2D eigenvalue weighted by atomic mass is 32.2. The number of thioether (sulfide) groups is 1. The molecule has 2 aromatic rings. The minimum Gasteiger partial charge on any atom is -0.324 e. The molecule has 1 aromatic heterocycles. The number of pyridine rings is 1. The van der Waals surface area contributed by atoms with Gasteiger partial charge in [-0.2, -0.15) is 0 Å². The standard InChI is InChI=1S/C16H15N3O2S/c1-9-3-6-14(17-8-9)19-16(21)11-4-5-13-12(7-11)18-15(20)10(2)22-13/h3-8,10H,1-2H3,(H,18,20)(H,17,19,21). The van der Waals surface area contributed by atoms with Crippen LogP contribution in [0.15, 0.2) is 41.4 Å². The molecule has 1 aliphatic heterocycles. The Balaban J connectivity index is 1.80. The van der Waals surface area contributed by atoms with Gasteiger partial charge >= 0.3 is 0 Å². The number of nitrogens with zero attached hydrogens (tertiary/aromatic N) is 1. The van der Waals surface area contributed by atoms with Crippen LogP contribution >= 0.6 is 11.8 Å². The molecule has 0 spiro atoms. The molecule has 5 nitrogen and oxygen atoms in total. The summed E-state index contributed by atoms with van der Waals surface area (Å²) in [5, 5.41) is 5.44. The zero-order valence-electron chi connectivity index (χ0n) is 12.2. The second-order valence-electron chi connectivity index (χ2n) is 5.14. The van der Waals surface area contributed by atoms with E-state index in [4.69, 9.17) is 0 Å². The highest BCUT2D eigenvalue weighted by molar-refractivity contribution is 8.00. The zero-order chi connectivity index (χ0) is 15.7. The average Bonchev–Trinajstić information content (AvgIpc) is 2.50. The summed E-state index contributed by atoms with van der Waals surface area (Å²) in [7, 11) is 0. The third-order valence-corrected chi connectivity index (χ3v) is 4.50. The van der Waals surface area contributed by atoms with E-state index in [0.29, 0.717) is 17.1 Å². The van der Waals surface area contributed by atoms with Gasteiger partial charge in [0.2, 0.25) is 5.91 Å². The summed E-state index contributed by atoms with van der Waals surface area (Å²) in [4.78, 5) is 29.1. The van der Waals surface area contributed by atoms with Gasteiger partial charge in [0.05, 0.1) is 10.9 Å². The maximum absolute atomic E-state index is 12.3. The van der Waals surface area contributed by atoms with E-state index in [2.05, 4.69) is 15.6 Å². The van der Waals surface area contributed by atoms with Gasteiger partial charge < -0.3 is 10.6 Å². The van der Waals surface area contributed by atoms with Crippen LogP contribution in [0.4, 0.5) is 11.5 Å². The number of aryl methyl sites for hydroxylation is 1. The SMILES string of the molecule is Cc1ccc(NC(=O)c2ccc3c(c2)NC(=O)C(C)S3)nc1. The van der Waals surface area contributed by atoms with Gasteiger partial charge in [0.25, 0.3) is 5.91 Å². The predicted octanol–water partition coefficient (Wildman–Crippen LogP) is 3.08. The number of hydrogen-bond donors (Lipinski definition) is 2. The van der Waals surface area contributed by atoms with E-state index in [9.17, 15) is 9.59 Å². The number of hydrogen-bond acceptors (Lipinski definition) is 4. The molecule has 22 heavy (non-hydrogen) atoms. The van der Waals surface area contributed by atoms with E-state index in [1.165, 1.54) is 11.8 Å². The van der Waals surface area contributed by atoms with Crippen molar-refractivity contribution in [3.8, 4) is 0 Å². The van der Waals surface area contributed by atoms with Crippen molar-refractivity contribution >= 4 is 35.1 Å². The van der Waals surface area contributed by atoms with Crippen molar-refractivity contribution in [1.29, 1.82) is 0 Å². The van der Waals surface area contributed by atoms with Crippen LogP contribution in [0.25, 0.3) is 0 Å². The minimum absolute atomic E-state index is 0.0461. The van der Waals surface area contributed by atoms with Crippen molar-refractivity contribution in [2.75, 3.05) is 10.6 Å². The Morgan fingerprint density at radius 1 is 1.32 bits per heavy atom.